The van der Waals surface area contributed by atoms with Crippen molar-refractivity contribution in [3.8, 4) is 0 Å². The highest BCUT2D eigenvalue weighted by molar-refractivity contribution is 5.73. The van der Waals surface area contributed by atoms with Gasteiger partial charge in [-0.3, -0.25) is 4.79 Å². The molecule has 2 heterocycles. The molecule has 0 bridgehead atoms. The Bertz CT molecular complexity index is 610. The van der Waals surface area contributed by atoms with Crippen LogP contribution >= 0.6 is 0 Å². The quantitative estimate of drug-likeness (QED) is 0.802. The summed E-state index contributed by atoms with van der Waals surface area (Å²) in [5, 5.41) is 8.32. The fourth-order valence-corrected chi connectivity index (χ4v) is 2.49. The Morgan fingerprint density at radius 1 is 1.45 bits per heavy atom. The normalized spacial score (nSPS) is 22.9. The first-order valence-corrected chi connectivity index (χ1v) is 6.83. The second-order valence-corrected chi connectivity index (χ2v) is 4.97. The minimum atomic E-state index is -0.276. The molecular formula is C14H17N3O3. The Labute approximate surface area is 116 Å². The van der Waals surface area contributed by atoms with Gasteiger partial charge in [0.15, 0.2) is 6.23 Å². The second kappa shape index (κ2) is 5.58. The summed E-state index contributed by atoms with van der Waals surface area (Å²) in [6.45, 7) is 1.71. The van der Waals surface area contributed by atoms with Crippen molar-refractivity contribution in [1.29, 1.82) is 0 Å². The number of hydrogen-bond donors (Lipinski definition) is 0. The van der Waals surface area contributed by atoms with E-state index in [-0.39, 0.29) is 18.3 Å². The minimum Gasteiger partial charge on any atom is -0.463 e. The van der Waals surface area contributed by atoms with Crippen LogP contribution in [0, 0.1) is 0 Å². The number of ether oxygens (including phenoxy) is 2. The van der Waals surface area contributed by atoms with Crippen molar-refractivity contribution >= 4 is 17.0 Å². The summed E-state index contributed by atoms with van der Waals surface area (Å²) in [4.78, 5) is 10.9. The maximum Gasteiger partial charge on any atom is 0.302 e. The highest BCUT2D eigenvalue weighted by atomic mass is 16.6. The number of hydrogen-bond acceptors (Lipinski definition) is 5. The lowest BCUT2D eigenvalue weighted by Crippen LogP contribution is -2.30. The smallest absolute Gasteiger partial charge is 0.302 e. The van der Waals surface area contributed by atoms with Crippen molar-refractivity contribution < 1.29 is 14.3 Å². The van der Waals surface area contributed by atoms with E-state index in [1.807, 2.05) is 28.9 Å². The molecule has 2 aromatic rings. The number of esters is 1. The van der Waals surface area contributed by atoms with Crippen molar-refractivity contribution in [1.82, 2.24) is 15.0 Å². The number of carbonyl (C=O) groups is 1. The van der Waals surface area contributed by atoms with Gasteiger partial charge in [-0.25, -0.2) is 4.68 Å². The molecule has 6 nitrogen and oxygen atoms in total. The van der Waals surface area contributed by atoms with Crippen LogP contribution in [0.1, 0.15) is 32.4 Å². The van der Waals surface area contributed by atoms with Crippen molar-refractivity contribution in [3.63, 3.8) is 0 Å². The molecule has 20 heavy (non-hydrogen) atoms. The van der Waals surface area contributed by atoms with Gasteiger partial charge in [0, 0.05) is 6.92 Å². The third kappa shape index (κ3) is 2.65. The van der Waals surface area contributed by atoms with Crippen LogP contribution in [0.25, 0.3) is 11.0 Å². The first-order valence-electron chi connectivity index (χ1n) is 6.83. The van der Waals surface area contributed by atoms with E-state index in [4.69, 9.17) is 9.47 Å². The van der Waals surface area contributed by atoms with Crippen molar-refractivity contribution in [2.24, 2.45) is 0 Å². The van der Waals surface area contributed by atoms with Gasteiger partial charge in [-0.05, 0) is 31.4 Å². The number of aromatic nitrogens is 3. The van der Waals surface area contributed by atoms with E-state index in [0.29, 0.717) is 6.61 Å². The number of carbonyl (C=O) groups excluding carboxylic acids is 1. The number of para-hydroxylation sites is 1. The molecule has 1 fully saturated rings. The van der Waals surface area contributed by atoms with Crippen molar-refractivity contribution in [2.75, 3.05) is 6.61 Å². The number of fused-ring (bicyclic) bond motifs is 1. The van der Waals surface area contributed by atoms with Gasteiger partial charge < -0.3 is 9.47 Å². The van der Waals surface area contributed by atoms with E-state index < -0.39 is 0 Å². The van der Waals surface area contributed by atoms with Gasteiger partial charge in [0.25, 0.3) is 0 Å². The minimum absolute atomic E-state index is 0.0689. The molecule has 1 saturated heterocycles. The zero-order chi connectivity index (χ0) is 13.9. The average molecular weight is 275 g/mol. The first kappa shape index (κ1) is 13.1. The molecule has 1 aromatic heterocycles. The number of benzene rings is 1. The summed E-state index contributed by atoms with van der Waals surface area (Å²) in [5.74, 6) is -0.276. The maximum absolute atomic E-state index is 10.9. The van der Waals surface area contributed by atoms with E-state index in [1.165, 1.54) is 6.92 Å². The molecular weight excluding hydrogens is 258 g/mol. The van der Waals surface area contributed by atoms with Crippen LogP contribution in [0.2, 0.25) is 0 Å². The summed E-state index contributed by atoms with van der Waals surface area (Å²) >= 11 is 0. The highest BCUT2D eigenvalue weighted by Gasteiger charge is 2.26. The average Bonchev–Trinajstić information content (AvgIpc) is 2.89. The Hall–Kier alpha value is -1.95. The molecule has 0 aliphatic carbocycles. The monoisotopic (exact) mass is 275 g/mol. The lowest BCUT2D eigenvalue weighted by Gasteiger charge is -2.29. The van der Waals surface area contributed by atoms with Gasteiger partial charge in [-0.15, -0.1) is 5.10 Å². The van der Waals surface area contributed by atoms with E-state index in [9.17, 15) is 4.79 Å². The third-order valence-electron chi connectivity index (χ3n) is 3.45. The van der Waals surface area contributed by atoms with Crippen LogP contribution in [0.3, 0.4) is 0 Å². The summed E-state index contributed by atoms with van der Waals surface area (Å²) in [6, 6.07) is 7.81. The van der Waals surface area contributed by atoms with Crippen LogP contribution in [-0.4, -0.2) is 33.7 Å². The van der Waals surface area contributed by atoms with Gasteiger partial charge in [0.2, 0.25) is 0 Å². The predicted octanol–water partition coefficient (Wildman–Crippen LogP) is 2.06. The molecule has 0 amide bonds. The first-order chi connectivity index (χ1) is 9.74. The molecule has 3 rings (SSSR count). The van der Waals surface area contributed by atoms with Gasteiger partial charge in [0.1, 0.15) is 12.1 Å². The zero-order valence-electron chi connectivity index (χ0n) is 11.4. The molecule has 0 unspecified atom stereocenters. The molecule has 6 heteroatoms. The molecule has 2 atom stereocenters. The molecule has 0 spiro atoms. The number of nitrogens with zero attached hydrogens (tertiary/aromatic N) is 3. The summed E-state index contributed by atoms with van der Waals surface area (Å²) in [5.41, 5.74) is 1.82. The van der Waals surface area contributed by atoms with Crippen LogP contribution < -0.4 is 0 Å². The van der Waals surface area contributed by atoms with Gasteiger partial charge in [-0.2, -0.15) is 0 Å². The van der Waals surface area contributed by atoms with E-state index in [2.05, 4.69) is 10.3 Å². The van der Waals surface area contributed by atoms with E-state index >= 15 is 0 Å². The second-order valence-electron chi connectivity index (χ2n) is 4.97. The topological polar surface area (TPSA) is 66.2 Å². The molecule has 0 radical (unpaired) electrons. The maximum atomic E-state index is 10.9. The predicted molar refractivity (Wildman–Crippen MR) is 71.9 cm³/mol. The Morgan fingerprint density at radius 2 is 2.30 bits per heavy atom. The van der Waals surface area contributed by atoms with Crippen LogP contribution in [0.5, 0.6) is 0 Å². The molecule has 1 aliphatic rings. The Kier molecular flexibility index (Phi) is 3.64. The fraction of sp³-hybridized carbons (Fsp3) is 0.500. The largest absolute Gasteiger partial charge is 0.463 e. The van der Waals surface area contributed by atoms with Crippen LogP contribution in [-0.2, 0) is 14.3 Å². The third-order valence-corrected chi connectivity index (χ3v) is 3.45. The van der Waals surface area contributed by atoms with Crippen LogP contribution in [0.4, 0.5) is 0 Å². The van der Waals surface area contributed by atoms with E-state index in [0.717, 1.165) is 30.3 Å². The van der Waals surface area contributed by atoms with Crippen molar-refractivity contribution in [2.45, 2.75) is 38.5 Å². The summed E-state index contributed by atoms with van der Waals surface area (Å²) in [6.07, 6.45) is 2.60. The lowest BCUT2D eigenvalue weighted by atomic mass is 10.1. The molecule has 106 valence electrons. The van der Waals surface area contributed by atoms with Crippen molar-refractivity contribution in [3.05, 3.63) is 24.3 Å². The molecule has 0 saturated carbocycles. The van der Waals surface area contributed by atoms with Gasteiger partial charge in [0.05, 0.1) is 11.6 Å². The van der Waals surface area contributed by atoms with Gasteiger partial charge in [-0.1, -0.05) is 17.3 Å². The lowest BCUT2D eigenvalue weighted by molar-refractivity contribution is -0.154. The standard InChI is InChI=1S/C14H17N3O3/c1-10(18)19-9-11-5-4-8-14(20-11)17-13-7-3-2-6-12(13)15-16-17/h2-3,6-7,11,14H,4-5,8-9H2,1H3/t11-,14+/m1/s1. The van der Waals surface area contributed by atoms with E-state index in [1.54, 1.807) is 0 Å². The summed E-state index contributed by atoms with van der Waals surface area (Å²) in [7, 11) is 0. The molecule has 1 aromatic carbocycles. The summed E-state index contributed by atoms with van der Waals surface area (Å²) < 4.78 is 12.8. The Morgan fingerprint density at radius 3 is 3.15 bits per heavy atom. The fourth-order valence-electron chi connectivity index (χ4n) is 2.49. The van der Waals surface area contributed by atoms with Crippen LogP contribution in [0.15, 0.2) is 24.3 Å². The SMILES string of the molecule is CC(=O)OC[C@H]1CCC[C@@H](n2nnc3ccccc32)O1. The highest BCUT2D eigenvalue weighted by Crippen LogP contribution is 2.28. The molecule has 0 N–H and O–H groups in total. The Balaban J connectivity index is 1.75. The molecule has 1 aliphatic heterocycles. The van der Waals surface area contributed by atoms with Gasteiger partial charge >= 0.3 is 5.97 Å². The number of rotatable bonds is 3. The zero-order valence-corrected chi connectivity index (χ0v) is 11.4.